The second kappa shape index (κ2) is 2.70. The van der Waals surface area contributed by atoms with Crippen molar-refractivity contribution in [1.29, 1.82) is 0 Å². The summed E-state index contributed by atoms with van der Waals surface area (Å²) in [6, 6.07) is 2.70. The summed E-state index contributed by atoms with van der Waals surface area (Å²) in [5, 5.41) is 9.28. The first-order valence-electron chi connectivity index (χ1n) is 4.15. The monoisotopic (exact) mass is 197 g/mol. The van der Waals surface area contributed by atoms with Crippen molar-refractivity contribution in [1.82, 2.24) is 4.57 Å². The van der Waals surface area contributed by atoms with Crippen LogP contribution in [0.1, 0.15) is 5.69 Å². The minimum Gasteiger partial charge on any atom is -0.503 e. The van der Waals surface area contributed by atoms with Crippen molar-refractivity contribution >= 4 is 10.9 Å². The molecular formula is C10H9F2NO. The molecule has 2 aromatic rings. The number of fused-ring (bicyclic) bond motifs is 1. The van der Waals surface area contributed by atoms with Gasteiger partial charge >= 0.3 is 0 Å². The number of aromatic hydroxyl groups is 1. The van der Waals surface area contributed by atoms with E-state index in [-0.39, 0.29) is 5.39 Å². The molecule has 0 aliphatic carbocycles. The molecule has 0 fully saturated rings. The summed E-state index contributed by atoms with van der Waals surface area (Å²) in [6.07, 6.45) is 0. The van der Waals surface area contributed by atoms with Crippen LogP contribution in [0.25, 0.3) is 10.9 Å². The quantitative estimate of drug-likeness (QED) is 0.689. The zero-order valence-corrected chi connectivity index (χ0v) is 7.81. The largest absolute Gasteiger partial charge is 0.503 e. The van der Waals surface area contributed by atoms with Crippen LogP contribution in [-0.4, -0.2) is 9.67 Å². The van der Waals surface area contributed by atoms with Gasteiger partial charge in [0, 0.05) is 24.2 Å². The number of hydrogen-bond acceptors (Lipinski definition) is 1. The van der Waals surface area contributed by atoms with Gasteiger partial charge in [-0.3, -0.25) is 0 Å². The van der Waals surface area contributed by atoms with E-state index < -0.39 is 17.4 Å². The maximum absolute atomic E-state index is 13.3. The summed E-state index contributed by atoms with van der Waals surface area (Å²) in [7, 11) is 1.72. The number of nitrogens with zero attached hydrogens (tertiary/aromatic N) is 1. The fourth-order valence-electron chi connectivity index (χ4n) is 1.52. The van der Waals surface area contributed by atoms with E-state index in [0.29, 0.717) is 5.52 Å². The lowest BCUT2D eigenvalue weighted by molar-refractivity contribution is 0.400. The first-order chi connectivity index (χ1) is 6.52. The van der Waals surface area contributed by atoms with E-state index in [1.807, 2.05) is 0 Å². The summed E-state index contributed by atoms with van der Waals surface area (Å²) >= 11 is 0. The lowest BCUT2D eigenvalue weighted by Crippen LogP contribution is -1.91. The Morgan fingerprint density at radius 1 is 1.29 bits per heavy atom. The third-order valence-electron chi connectivity index (χ3n) is 2.45. The topological polar surface area (TPSA) is 25.2 Å². The zero-order chi connectivity index (χ0) is 10.5. The molecule has 0 aliphatic rings. The predicted octanol–water partition coefficient (Wildman–Crippen LogP) is 2.47. The fraction of sp³-hybridized carbons (Fsp3) is 0.200. The fourth-order valence-corrected chi connectivity index (χ4v) is 1.52. The first-order valence-corrected chi connectivity index (χ1v) is 4.15. The number of rotatable bonds is 0. The van der Waals surface area contributed by atoms with Gasteiger partial charge in [0.05, 0.1) is 5.52 Å². The molecule has 14 heavy (non-hydrogen) atoms. The highest BCUT2D eigenvalue weighted by molar-refractivity contribution is 5.83. The van der Waals surface area contributed by atoms with Crippen molar-refractivity contribution in [2.24, 2.45) is 7.05 Å². The van der Waals surface area contributed by atoms with Gasteiger partial charge in [-0.25, -0.2) is 8.78 Å². The Kier molecular flexibility index (Phi) is 1.74. The van der Waals surface area contributed by atoms with Gasteiger partial charge in [0.1, 0.15) is 0 Å². The van der Waals surface area contributed by atoms with E-state index in [1.54, 1.807) is 24.6 Å². The van der Waals surface area contributed by atoms with Gasteiger partial charge < -0.3 is 9.67 Å². The minimum atomic E-state index is -0.934. The predicted molar refractivity (Wildman–Crippen MR) is 49.2 cm³/mol. The van der Waals surface area contributed by atoms with E-state index in [1.165, 1.54) is 0 Å². The lowest BCUT2D eigenvalue weighted by Gasteiger charge is -2.01. The van der Waals surface area contributed by atoms with Crippen LogP contribution in [0.15, 0.2) is 12.1 Å². The van der Waals surface area contributed by atoms with Gasteiger partial charge in [-0.15, -0.1) is 0 Å². The van der Waals surface area contributed by atoms with E-state index in [0.717, 1.165) is 11.8 Å². The molecule has 0 radical (unpaired) electrons. The van der Waals surface area contributed by atoms with Crippen molar-refractivity contribution in [3.8, 4) is 5.75 Å². The SMILES string of the molecule is Cc1cc2c(F)c(O)c(F)cc2n1C. The van der Waals surface area contributed by atoms with Gasteiger partial charge in [-0.05, 0) is 13.0 Å². The third kappa shape index (κ3) is 0.999. The molecule has 0 spiro atoms. The van der Waals surface area contributed by atoms with Crippen LogP contribution in [0.5, 0.6) is 5.75 Å². The average molecular weight is 197 g/mol. The van der Waals surface area contributed by atoms with Crippen molar-refractivity contribution in [3.05, 3.63) is 29.5 Å². The molecule has 0 amide bonds. The van der Waals surface area contributed by atoms with E-state index in [4.69, 9.17) is 5.11 Å². The molecule has 0 saturated heterocycles. The number of benzene rings is 1. The molecule has 2 rings (SSSR count). The third-order valence-corrected chi connectivity index (χ3v) is 2.45. The molecule has 1 N–H and O–H groups in total. The maximum atomic E-state index is 13.3. The van der Waals surface area contributed by atoms with Crippen molar-refractivity contribution in [3.63, 3.8) is 0 Å². The van der Waals surface area contributed by atoms with Gasteiger partial charge in [-0.2, -0.15) is 0 Å². The van der Waals surface area contributed by atoms with E-state index >= 15 is 0 Å². The van der Waals surface area contributed by atoms with Crippen molar-refractivity contribution in [2.45, 2.75) is 6.92 Å². The molecule has 1 aromatic carbocycles. The minimum absolute atomic E-state index is 0.240. The van der Waals surface area contributed by atoms with Crippen LogP contribution < -0.4 is 0 Å². The highest BCUT2D eigenvalue weighted by atomic mass is 19.1. The number of phenols is 1. The maximum Gasteiger partial charge on any atom is 0.188 e. The summed E-state index contributed by atoms with van der Waals surface area (Å²) in [4.78, 5) is 0. The smallest absolute Gasteiger partial charge is 0.188 e. The number of halogens is 2. The Bertz CT molecular complexity index is 517. The highest BCUT2D eigenvalue weighted by Crippen LogP contribution is 2.30. The van der Waals surface area contributed by atoms with Crippen molar-refractivity contribution < 1.29 is 13.9 Å². The Hall–Kier alpha value is -1.58. The van der Waals surface area contributed by atoms with Crippen LogP contribution in [0.4, 0.5) is 8.78 Å². The number of aryl methyl sites for hydroxylation is 2. The van der Waals surface area contributed by atoms with E-state index in [9.17, 15) is 8.78 Å². The Morgan fingerprint density at radius 3 is 2.57 bits per heavy atom. The standard InChI is InChI=1S/C10H9F2NO/c1-5-3-6-8(13(5)2)4-7(11)10(14)9(6)12/h3-4,14H,1-2H3. The van der Waals surface area contributed by atoms with Gasteiger partial charge in [0.25, 0.3) is 0 Å². The summed E-state index contributed by atoms with van der Waals surface area (Å²) in [5.74, 6) is -2.75. The van der Waals surface area contributed by atoms with Crippen LogP contribution in [-0.2, 0) is 7.05 Å². The molecule has 0 saturated carbocycles. The van der Waals surface area contributed by atoms with Crippen LogP contribution in [0.3, 0.4) is 0 Å². The highest BCUT2D eigenvalue weighted by Gasteiger charge is 2.15. The Morgan fingerprint density at radius 2 is 1.93 bits per heavy atom. The van der Waals surface area contributed by atoms with Gasteiger partial charge in [0.15, 0.2) is 17.4 Å². The Balaban J connectivity index is 2.98. The number of hydrogen-bond donors (Lipinski definition) is 1. The van der Waals surface area contributed by atoms with Crippen LogP contribution in [0.2, 0.25) is 0 Å². The molecule has 1 aromatic heterocycles. The molecule has 4 heteroatoms. The first kappa shape index (κ1) is 8.99. The summed E-state index contributed by atoms with van der Waals surface area (Å²) in [6.45, 7) is 1.79. The normalized spacial score (nSPS) is 11.1. The molecule has 0 unspecified atom stereocenters. The molecule has 74 valence electrons. The number of aromatic nitrogens is 1. The molecule has 0 aliphatic heterocycles. The average Bonchev–Trinajstić information content (AvgIpc) is 2.42. The lowest BCUT2D eigenvalue weighted by atomic mass is 10.2. The van der Waals surface area contributed by atoms with E-state index in [2.05, 4.69) is 0 Å². The molecule has 2 nitrogen and oxygen atoms in total. The van der Waals surface area contributed by atoms with Crippen LogP contribution in [0, 0.1) is 18.6 Å². The van der Waals surface area contributed by atoms with Gasteiger partial charge in [-0.1, -0.05) is 0 Å². The zero-order valence-electron chi connectivity index (χ0n) is 7.81. The summed E-state index contributed by atoms with van der Waals surface area (Å²) in [5.41, 5.74) is 1.25. The van der Waals surface area contributed by atoms with Crippen LogP contribution >= 0.6 is 0 Å². The second-order valence-electron chi connectivity index (χ2n) is 3.30. The number of phenolic OH excluding ortho intramolecular Hbond substituents is 1. The summed E-state index contributed by atoms with van der Waals surface area (Å²) < 4.78 is 28.0. The molecule has 0 bridgehead atoms. The molecule has 1 heterocycles. The second-order valence-corrected chi connectivity index (χ2v) is 3.30. The van der Waals surface area contributed by atoms with Crippen molar-refractivity contribution in [2.75, 3.05) is 0 Å². The van der Waals surface area contributed by atoms with Gasteiger partial charge in [0.2, 0.25) is 0 Å². The molecular weight excluding hydrogens is 188 g/mol. The molecule has 0 atom stereocenters. The Labute approximate surface area is 79.4 Å².